The van der Waals surface area contributed by atoms with Crippen LogP contribution >= 0.6 is 0 Å². The van der Waals surface area contributed by atoms with E-state index in [9.17, 15) is 14.9 Å². The van der Waals surface area contributed by atoms with Crippen LogP contribution in [0.25, 0.3) is 0 Å². The number of hydrogen-bond acceptors (Lipinski definition) is 6. The number of aromatic nitrogens is 1. The van der Waals surface area contributed by atoms with Gasteiger partial charge in [0.15, 0.2) is 0 Å². The van der Waals surface area contributed by atoms with Gasteiger partial charge in [-0.15, -0.1) is 0 Å². The Morgan fingerprint density at radius 2 is 1.80 bits per heavy atom. The summed E-state index contributed by atoms with van der Waals surface area (Å²) < 4.78 is 5.45. The number of rotatable bonds is 5. The first kappa shape index (κ1) is 19.3. The van der Waals surface area contributed by atoms with E-state index in [0.717, 1.165) is 11.1 Å². The van der Waals surface area contributed by atoms with Crippen LogP contribution < -0.4 is 4.74 Å². The van der Waals surface area contributed by atoms with Crippen LogP contribution in [0.5, 0.6) is 5.75 Å². The Morgan fingerprint density at radius 1 is 1.10 bits per heavy atom. The van der Waals surface area contributed by atoms with E-state index in [0.29, 0.717) is 23.4 Å². The van der Waals surface area contributed by atoms with Gasteiger partial charge in [0, 0.05) is 42.1 Å². The highest BCUT2D eigenvalue weighted by molar-refractivity contribution is 6.06. The second-order valence-electron chi connectivity index (χ2n) is 6.70. The molecule has 1 aliphatic heterocycles. The van der Waals surface area contributed by atoms with E-state index in [1.54, 1.807) is 43.8 Å². The first-order valence-electron chi connectivity index (χ1n) is 9.27. The second kappa shape index (κ2) is 8.12. The molecule has 8 heteroatoms. The van der Waals surface area contributed by atoms with Gasteiger partial charge in [-0.25, -0.2) is 5.01 Å². The Labute approximate surface area is 172 Å². The van der Waals surface area contributed by atoms with Crippen molar-refractivity contribution in [2.75, 3.05) is 7.11 Å². The maximum atomic E-state index is 13.2. The first-order valence-corrected chi connectivity index (χ1v) is 9.27. The number of hydrogen-bond donors (Lipinski definition) is 0. The summed E-state index contributed by atoms with van der Waals surface area (Å²) in [6.07, 6.45) is 3.55. The van der Waals surface area contributed by atoms with Crippen LogP contribution in [-0.4, -0.2) is 33.6 Å². The van der Waals surface area contributed by atoms with Crippen molar-refractivity contribution >= 4 is 17.3 Å². The summed E-state index contributed by atoms with van der Waals surface area (Å²) in [5.74, 6) is 0.391. The highest BCUT2D eigenvalue weighted by Gasteiger charge is 2.34. The number of nitrogens with zero attached hydrogens (tertiary/aromatic N) is 4. The number of nitro benzene ring substituents is 1. The second-order valence-corrected chi connectivity index (χ2v) is 6.70. The van der Waals surface area contributed by atoms with Crippen molar-refractivity contribution in [1.29, 1.82) is 0 Å². The minimum absolute atomic E-state index is 0.00497. The van der Waals surface area contributed by atoms with Gasteiger partial charge in [0.1, 0.15) is 5.75 Å². The molecule has 0 saturated heterocycles. The summed E-state index contributed by atoms with van der Waals surface area (Å²) in [6.45, 7) is 0. The van der Waals surface area contributed by atoms with E-state index in [2.05, 4.69) is 10.1 Å². The lowest BCUT2D eigenvalue weighted by atomic mass is 9.97. The van der Waals surface area contributed by atoms with E-state index < -0.39 is 11.0 Å². The number of hydrazone groups is 1. The molecule has 0 bridgehead atoms. The Balaban J connectivity index is 1.74. The molecular weight excluding hydrogens is 384 g/mol. The number of non-ortho nitro benzene ring substituents is 1. The third-order valence-electron chi connectivity index (χ3n) is 4.95. The molecule has 4 rings (SSSR count). The smallest absolute Gasteiger partial charge is 0.274 e. The third kappa shape index (κ3) is 3.62. The van der Waals surface area contributed by atoms with Crippen molar-refractivity contribution in [1.82, 2.24) is 9.99 Å². The highest BCUT2D eigenvalue weighted by atomic mass is 16.6. The molecule has 1 atom stereocenters. The number of amides is 1. The lowest BCUT2D eigenvalue weighted by molar-refractivity contribution is -0.384. The molecule has 1 amide bonds. The Morgan fingerprint density at radius 3 is 2.47 bits per heavy atom. The lowest BCUT2D eigenvalue weighted by Crippen LogP contribution is -2.27. The molecule has 1 unspecified atom stereocenters. The number of benzene rings is 2. The number of pyridine rings is 1. The zero-order valence-corrected chi connectivity index (χ0v) is 16.1. The number of ether oxygens (including phenoxy) is 1. The summed E-state index contributed by atoms with van der Waals surface area (Å²) in [7, 11) is 1.59. The normalized spacial score (nSPS) is 15.6. The fourth-order valence-electron chi connectivity index (χ4n) is 3.45. The fraction of sp³-hybridized carbons (Fsp3) is 0.136. The predicted molar refractivity (Wildman–Crippen MR) is 110 cm³/mol. The molecule has 1 aliphatic rings. The zero-order valence-electron chi connectivity index (χ0n) is 16.1. The van der Waals surface area contributed by atoms with Crippen molar-refractivity contribution in [3.05, 3.63) is 99.9 Å². The predicted octanol–water partition coefficient (Wildman–Crippen LogP) is 3.99. The Hall–Kier alpha value is -4.07. The molecule has 0 radical (unpaired) electrons. The molecule has 0 spiro atoms. The van der Waals surface area contributed by atoms with E-state index >= 15 is 0 Å². The van der Waals surface area contributed by atoms with Gasteiger partial charge >= 0.3 is 0 Å². The van der Waals surface area contributed by atoms with Crippen LogP contribution in [0.2, 0.25) is 0 Å². The molecular formula is C22H18N4O4. The summed E-state index contributed by atoms with van der Waals surface area (Å²) in [6, 6.07) is 16.5. The van der Waals surface area contributed by atoms with Gasteiger partial charge in [-0.2, -0.15) is 5.10 Å². The fourth-order valence-corrected chi connectivity index (χ4v) is 3.45. The van der Waals surface area contributed by atoms with Gasteiger partial charge in [0.2, 0.25) is 0 Å². The average Bonchev–Trinajstić information content (AvgIpc) is 3.24. The molecule has 150 valence electrons. The van der Waals surface area contributed by atoms with Crippen molar-refractivity contribution in [2.45, 2.75) is 12.5 Å². The van der Waals surface area contributed by atoms with Crippen LogP contribution in [0.15, 0.2) is 78.2 Å². The molecule has 0 N–H and O–H groups in total. The summed E-state index contributed by atoms with van der Waals surface area (Å²) in [5, 5.41) is 17.1. The van der Waals surface area contributed by atoms with Gasteiger partial charge in [0.25, 0.3) is 11.6 Å². The van der Waals surface area contributed by atoms with Gasteiger partial charge in [-0.3, -0.25) is 19.9 Å². The topological polar surface area (TPSA) is 97.9 Å². The van der Waals surface area contributed by atoms with Crippen molar-refractivity contribution in [3.8, 4) is 5.75 Å². The zero-order chi connectivity index (χ0) is 21.1. The molecule has 0 fully saturated rings. The van der Waals surface area contributed by atoms with Crippen molar-refractivity contribution in [2.24, 2.45) is 5.10 Å². The first-order chi connectivity index (χ1) is 14.6. The largest absolute Gasteiger partial charge is 0.496 e. The lowest BCUT2D eigenvalue weighted by Gasteiger charge is -2.22. The number of nitro groups is 1. The van der Waals surface area contributed by atoms with Crippen LogP contribution in [0.4, 0.5) is 5.69 Å². The monoisotopic (exact) mass is 402 g/mol. The third-order valence-corrected chi connectivity index (χ3v) is 4.95. The maximum Gasteiger partial charge on any atom is 0.274 e. The summed E-state index contributed by atoms with van der Waals surface area (Å²) >= 11 is 0. The highest BCUT2D eigenvalue weighted by Crippen LogP contribution is 2.36. The minimum atomic E-state index is -0.449. The molecule has 3 aromatic rings. The van der Waals surface area contributed by atoms with E-state index in [-0.39, 0.29) is 11.6 Å². The van der Waals surface area contributed by atoms with Gasteiger partial charge < -0.3 is 4.74 Å². The van der Waals surface area contributed by atoms with Crippen LogP contribution in [0.1, 0.15) is 33.9 Å². The van der Waals surface area contributed by atoms with E-state index in [1.165, 1.54) is 17.1 Å². The number of carbonyl (C=O) groups is 1. The summed E-state index contributed by atoms with van der Waals surface area (Å²) in [4.78, 5) is 27.7. The molecule has 8 nitrogen and oxygen atoms in total. The van der Waals surface area contributed by atoms with Gasteiger partial charge in [-0.05, 0) is 29.8 Å². The summed E-state index contributed by atoms with van der Waals surface area (Å²) in [5.41, 5.74) is 2.73. The van der Waals surface area contributed by atoms with Gasteiger partial charge in [0.05, 0.1) is 23.8 Å². The SMILES string of the molecule is COc1ccccc1C1=NN(C(=O)c2ccncc2)C(c2ccc([N+](=O)[O-])cc2)C1. The van der Waals surface area contributed by atoms with Crippen LogP contribution in [0, 0.1) is 10.1 Å². The molecule has 2 aromatic carbocycles. The Bertz CT molecular complexity index is 1110. The van der Waals surface area contributed by atoms with E-state index in [4.69, 9.17) is 4.74 Å². The average molecular weight is 402 g/mol. The molecule has 0 saturated carbocycles. The minimum Gasteiger partial charge on any atom is -0.496 e. The number of carbonyl (C=O) groups excluding carboxylic acids is 1. The van der Waals surface area contributed by atoms with E-state index in [1.807, 2.05) is 24.3 Å². The Kier molecular flexibility index (Phi) is 5.21. The molecule has 1 aromatic heterocycles. The molecule has 30 heavy (non-hydrogen) atoms. The number of para-hydroxylation sites is 1. The van der Waals surface area contributed by atoms with Gasteiger partial charge in [-0.1, -0.05) is 24.3 Å². The van der Waals surface area contributed by atoms with Crippen molar-refractivity contribution in [3.63, 3.8) is 0 Å². The standard InChI is InChI=1S/C22H18N4O4/c1-30-21-5-3-2-4-18(21)19-14-20(15-6-8-17(9-7-15)26(28)29)25(24-19)22(27)16-10-12-23-13-11-16/h2-13,20H,14H2,1H3. The quantitative estimate of drug-likeness (QED) is 0.475. The van der Waals surface area contributed by atoms with Crippen LogP contribution in [0.3, 0.4) is 0 Å². The van der Waals surface area contributed by atoms with Crippen molar-refractivity contribution < 1.29 is 14.5 Å². The maximum absolute atomic E-state index is 13.2. The molecule has 0 aliphatic carbocycles. The molecule has 2 heterocycles. The van der Waals surface area contributed by atoms with Crippen LogP contribution in [-0.2, 0) is 0 Å². The number of methoxy groups -OCH3 is 1.